The van der Waals surface area contributed by atoms with Gasteiger partial charge in [-0.05, 0) is 43.5 Å². The zero-order valence-electron chi connectivity index (χ0n) is 15.0. The van der Waals surface area contributed by atoms with E-state index in [1.54, 1.807) is 35.8 Å². The van der Waals surface area contributed by atoms with Gasteiger partial charge in [-0.15, -0.1) is 0 Å². The second kappa shape index (κ2) is 7.43. The Morgan fingerprint density at radius 3 is 2.58 bits per heavy atom. The van der Waals surface area contributed by atoms with E-state index in [0.717, 1.165) is 29.8 Å². The maximum absolute atomic E-state index is 12.9. The maximum Gasteiger partial charge on any atom is 0.263 e. The molecule has 2 aromatic heterocycles. The summed E-state index contributed by atoms with van der Waals surface area (Å²) in [6.45, 7) is 5.95. The molecule has 0 aliphatic heterocycles. The topological polar surface area (TPSA) is 55.2 Å². The third-order valence-corrected chi connectivity index (χ3v) is 4.52. The van der Waals surface area contributed by atoms with Crippen LogP contribution in [0.4, 0.5) is 0 Å². The number of amides is 1. The quantitative estimate of drug-likeness (QED) is 0.848. The number of nitrogens with zero attached hydrogens (tertiary/aromatic N) is 3. The molecule has 0 bridgehead atoms. The highest BCUT2D eigenvalue weighted by atomic mass is 16.2. The van der Waals surface area contributed by atoms with Gasteiger partial charge in [0.1, 0.15) is 5.56 Å². The highest BCUT2D eigenvalue weighted by molar-refractivity contribution is 5.94. The summed E-state index contributed by atoms with van der Waals surface area (Å²) in [5.74, 6) is -0.265. The molecule has 0 saturated heterocycles. The van der Waals surface area contributed by atoms with Gasteiger partial charge in [0.25, 0.3) is 11.5 Å². The molecule has 5 heteroatoms. The summed E-state index contributed by atoms with van der Waals surface area (Å²) in [6.07, 6.45) is 3.20. The molecule has 0 unspecified atom stereocenters. The first kappa shape index (κ1) is 17.9. The third-order valence-electron chi connectivity index (χ3n) is 4.52. The molecule has 2 heterocycles. The predicted molar refractivity (Wildman–Crippen MR) is 95.2 cm³/mol. The minimum Gasteiger partial charge on any atom is -0.333 e. The van der Waals surface area contributed by atoms with E-state index in [9.17, 15) is 9.59 Å². The highest BCUT2D eigenvalue weighted by Gasteiger charge is 2.25. The Balaban J connectivity index is 2.43. The number of hydrogen-bond donors (Lipinski definition) is 0. The second-order valence-corrected chi connectivity index (χ2v) is 6.00. The molecule has 1 amide bonds. The third kappa shape index (κ3) is 3.25. The summed E-state index contributed by atoms with van der Waals surface area (Å²) in [6, 6.07) is 7.21. The van der Waals surface area contributed by atoms with Crippen molar-refractivity contribution >= 4 is 5.91 Å². The SMILES string of the molecule is CCc1c(C)cc(C(=O)N(C)[C@@H](CC)c2ccccn2)c(=O)n1C. The summed E-state index contributed by atoms with van der Waals surface area (Å²) in [5, 5.41) is 0. The number of carbonyl (C=O) groups excluding carboxylic acids is 1. The van der Waals surface area contributed by atoms with Crippen LogP contribution in [0, 0.1) is 6.92 Å². The Bertz CT molecular complexity index is 781. The van der Waals surface area contributed by atoms with E-state index in [1.807, 2.05) is 39.0 Å². The van der Waals surface area contributed by atoms with Crippen LogP contribution in [0.1, 0.15) is 53.6 Å². The van der Waals surface area contributed by atoms with Crippen molar-refractivity contribution in [2.24, 2.45) is 7.05 Å². The van der Waals surface area contributed by atoms with E-state index in [-0.39, 0.29) is 23.1 Å². The lowest BCUT2D eigenvalue weighted by Crippen LogP contribution is -2.37. The Labute approximate surface area is 143 Å². The van der Waals surface area contributed by atoms with Crippen LogP contribution in [-0.2, 0) is 13.5 Å². The smallest absolute Gasteiger partial charge is 0.263 e. The van der Waals surface area contributed by atoms with Crippen molar-refractivity contribution in [2.75, 3.05) is 7.05 Å². The van der Waals surface area contributed by atoms with Gasteiger partial charge < -0.3 is 9.47 Å². The summed E-state index contributed by atoms with van der Waals surface area (Å²) >= 11 is 0. The lowest BCUT2D eigenvalue weighted by atomic mass is 10.1. The van der Waals surface area contributed by atoms with Crippen molar-refractivity contribution in [2.45, 2.75) is 39.7 Å². The van der Waals surface area contributed by atoms with Crippen molar-refractivity contribution in [3.63, 3.8) is 0 Å². The predicted octanol–water partition coefficient (Wildman–Crippen LogP) is 2.87. The van der Waals surface area contributed by atoms with Crippen LogP contribution in [0.2, 0.25) is 0 Å². The lowest BCUT2D eigenvalue weighted by Gasteiger charge is -2.27. The fourth-order valence-corrected chi connectivity index (χ4v) is 3.18. The average molecular weight is 327 g/mol. The van der Waals surface area contributed by atoms with E-state index >= 15 is 0 Å². The standard InChI is InChI=1S/C19H25N3O2/c1-6-16-13(3)12-14(18(23)21(16)4)19(24)22(5)17(7-2)15-10-8-9-11-20-15/h8-12,17H,6-7H2,1-5H3/t17-/m0/s1. The molecule has 0 aliphatic carbocycles. The molecular weight excluding hydrogens is 302 g/mol. The molecule has 0 radical (unpaired) electrons. The Hall–Kier alpha value is -2.43. The molecule has 5 nitrogen and oxygen atoms in total. The number of rotatable bonds is 5. The van der Waals surface area contributed by atoms with E-state index < -0.39 is 0 Å². The Morgan fingerprint density at radius 1 is 1.33 bits per heavy atom. The molecule has 24 heavy (non-hydrogen) atoms. The molecule has 0 aromatic carbocycles. The van der Waals surface area contributed by atoms with Crippen LogP contribution >= 0.6 is 0 Å². The normalized spacial score (nSPS) is 12.0. The molecule has 0 aliphatic rings. The van der Waals surface area contributed by atoms with E-state index in [2.05, 4.69) is 4.98 Å². The maximum atomic E-state index is 12.9. The van der Waals surface area contributed by atoms with Crippen LogP contribution < -0.4 is 5.56 Å². The second-order valence-electron chi connectivity index (χ2n) is 6.00. The Kier molecular flexibility index (Phi) is 5.54. The fourth-order valence-electron chi connectivity index (χ4n) is 3.18. The van der Waals surface area contributed by atoms with Crippen molar-refractivity contribution in [1.82, 2.24) is 14.5 Å². The van der Waals surface area contributed by atoms with Gasteiger partial charge in [-0.25, -0.2) is 0 Å². The average Bonchev–Trinajstić information content (AvgIpc) is 2.59. The number of pyridine rings is 2. The molecule has 0 spiro atoms. The first-order valence-electron chi connectivity index (χ1n) is 8.29. The summed E-state index contributed by atoms with van der Waals surface area (Å²) in [4.78, 5) is 31.5. The van der Waals surface area contributed by atoms with Gasteiger partial charge in [0.2, 0.25) is 0 Å². The van der Waals surface area contributed by atoms with Crippen molar-refractivity contribution < 1.29 is 4.79 Å². The van der Waals surface area contributed by atoms with Gasteiger partial charge in [-0.2, -0.15) is 0 Å². The van der Waals surface area contributed by atoms with Crippen molar-refractivity contribution in [1.29, 1.82) is 0 Å². The van der Waals surface area contributed by atoms with E-state index in [0.29, 0.717) is 0 Å². The molecule has 2 aromatic rings. The fraction of sp³-hybridized carbons (Fsp3) is 0.421. The number of hydrogen-bond acceptors (Lipinski definition) is 3. The molecule has 0 fully saturated rings. The van der Waals surface area contributed by atoms with Gasteiger partial charge in [0, 0.05) is 26.0 Å². The minimum atomic E-state index is -0.265. The van der Waals surface area contributed by atoms with Crippen LogP contribution in [0.25, 0.3) is 0 Å². The number of aromatic nitrogens is 2. The van der Waals surface area contributed by atoms with E-state index in [4.69, 9.17) is 0 Å². The van der Waals surface area contributed by atoms with Crippen LogP contribution in [0.3, 0.4) is 0 Å². The molecule has 1 atom stereocenters. The number of aryl methyl sites for hydroxylation is 1. The first-order valence-corrected chi connectivity index (χ1v) is 8.29. The summed E-state index contributed by atoms with van der Waals surface area (Å²) < 4.78 is 1.58. The minimum absolute atomic E-state index is 0.158. The molecule has 0 saturated carbocycles. The van der Waals surface area contributed by atoms with Gasteiger partial charge in [-0.3, -0.25) is 14.6 Å². The van der Waals surface area contributed by atoms with Crippen molar-refractivity contribution in [3.05, 3.63) is 63.3 Å². The monoisotopic (exact) mass is 327 g/mol. The van der Waals surface area contributed by atoms with Crippen LogP contribution in [0.15, 0.2) is 35.3 Å². The molecular formula is C19H25N3O2. The van der Waals surface area contributed by atoms with Gasteiger partial charge in [-0.1, -0.05) is 19.9 Å². The largest absolute Gasteiger partial charge is 0.333 e. The van der Waals surface area contributed by atoms with Gasteiger partial charge >= 0.3 is 0 Å². The van der Waals surface area contributed by atoms with Gasteiger partial charge in [0.15, 0.2) is 0 Å². The zero-order chi connectivity index (χ0) is 17.9. The summed E-state index contributed by atoms with van der Waals surface area (Å²) in [7, 11) is 3.45. The first-order chi connectivity index (χ1) is 11.4. The van der Waals surface area contributed by atoms with Crippen molar-refractivity contribution in [3.8, 4) is 0 Å². The molecule has 0 N–H and O–H groups in total. The lowest BCUT2D eigenvalue weighted by molar-refractivity contribution is 0.0720. The van der Waals surface area contributed by atoms with E-state index in [1.165, 1.54) is 0 Å². The highest BCUT2D eigenvalue weighted by Crippen LogP contribution is 2.22. The molecule has 2 rings (SSSR count). The van der Waals surface area contributed by atoms with Gasteiger partial charge in [0.05, 0.1) is 11.7 Å². The van der Waals surface area contributed by atoms with Crippen LogP contribution in [-0.4, -0.2) is 27.4 Å². The molecule has 128 valence electrons. The summed E-state index contributed by atoms with van der Waals surface area (Å²) in [5.41, 5.74) is 2.71. The van der Waals surface area contributed by atoms with Crippen LogP contribution in [0.5, 0.6) is 0 Å². The number of carbonyl (C=O) groups is 1. The zero-order valence-corrected chi connectivity index (χ0v) is 15.0. The Morgan fingerprint density at radius 2 is 2.04 bits per heavy atom.